The minimum Gasteiger partial charge on any atom is -0.478 e. The summed E-state index contributed by atoms with van der Waals surface area (Å²) < 4.78 is 37.8. The Hall–Kier alpha value is -0.600. The molecule has 0 spiro atoms. The van der Waals surface area contributed by atoms with Crippen LogP contribution in [-0.2, 0) is 9.84 Å². The van der Waals surface area contributed by atoms with Gasteiger partial charge in [-0.1, -0.05) is 15.9 Å². The Labute approximate surface area is 117 Å². The number of hydrogen-bond donors (Lipinski definition) is 1. The van der Waals surface area contributed by atoms with Crippen molar-refractivity contribution in [1.29, 1.82) is 0 Å². The Morgan fingerprint density at radius 3 is 2.61 bits per heavy atom. The lowest BCUT2D eigenvalue weighted by atomic mass is 10.2. The van der Waals surface area contributed by atoms with E-state index >= 15 is 0 Å². The Morgan fingerprint density at radius 1 is 1.50 bits per heavy atom. The van der Waals surface area contributed by atoms with Gasteiger partial charge in [0.2, 0.25) is 0 Å². The zero-order chi connectivity index (χ0) is 13.9. The van der Waals surface area contributed by atoms with Crippen LogP contribution in [0.2, 0.25) is 0 Å². The van der Waals surface area contributed by atoms with Crippen molar-refractivity contribution in [3.8, 4) is 0 Å². The summed E-state index contributed by atoms with van der Waals surface area (Å²) in [6.07, 6.45) is 1.73. The van der Waals surface area contributed by atoms with Crippen molar-refractivity contribution in [1.82, 2.24) is 0 Å². The summed E-state index contributed by atoms with van der Waals surface area (Å²) in [6, 6.07) is 2.11. The van der Waals surface area contributed by atoms with Crippen LogP contribution in [0.4, 0.5) is 4.39 Å². The molecule has 100 valence electrons. The van der Waals surface area contributed by atoms with Crippen molar-refractivity contribution < 1.29 is 22.7 Å². The van der Waals surface area contributed by atoms with Crippen molar-refractivity contribution in [2.45, 2.75) is 4.90 Å². The minimum absolute atomic E-state index is 0.212. The van der Waals surface area contributed by atoms with Crippen molar-refractivity contribution in [3.63, 3.8) is 0 Å². The molecule has 1 N–H and O–H groups in total. The highest BCUT2D eigenvalue weighted by molar-refractivity contribution is 9.10. The van der Waals surface area contributed by atoms with Crippen LogP contribution in [-0.4, -0.2) is 37.3 Å². The molecule has 0 atom stereocenters. The van der Waals surface area contributed by atoms with Gasteiger partial charge in [0.05, 0.1) is 11.3 Å². The molecule has 1 aromatic carbocycles. The second kappa shape index (κ2) is 6.03. The van der Waals surface area contributed by atoms with Crippen LogP contribution < -0.4 is 0 Å². The lowest BCUT2D eigenvalue weighted by molar-refractivity contribution is 0.0691. The highest BCUT2D eigenvalue weighted by Gasteiger charge is 2.24. The Morgan fingerprint density at radius 2 is 2.11 bits per heavy atom. The van der Waals surface area contributed by atoms with E-state index in [9.17, 15) is 17.6 Å². The lowest BCUT2D eigenvalue weighted by Gasteiger charge is -2.08. The van der Waals surface area contributed by atoms with Crippen LogP contribution in [0.3, 0.4) is 0 Å². The van der Waals surface area contributed by atoms with Crippen molar-refractivity contribution in [2.75, 3.05) is 17.8 Å². The molecule has 0 aliphatic heterocycles. The number of benzene rings is 1. The first-order chi connectivity index (χ1) is 8.29. The van der Waals surface area contributed by atoms with Crippen LogP contribution >= 0.6 is 27.7 Å². The molecular formula is C10H10BrFO4S2. The number of rotatable bonds is 5. The van der Waals surface area contributed by atoms with Gasteiger partial charge in [0.1, 0.15) is 4.90 Å². The first kappa shape index (κ1) is 15.5. The molecule has 8 heteroatoms. The summed E-state index contributed by atoms with van der Waals surface area (Å²) in [5.41, 5.74) is -0.660. The maximum atomic E-state index is 13.8. The molecule has 0 saturated heterocycles. The van der Waals surface area contributed by atoms with Gasteiger partial charge in [-0.25, -0.2) is 17.6 Å². The number of hydrogen-bond acceptors (Lipinski definition) is 4. The van der Waals surface area contributed by atoms with E-state index in [4.69, 9.17) is 5.11 Å². The van der Waals surface area contributed by atoms with Crippen LogP contribution in [0.5, 0.6) is 0 Å². The number of aromatic carboxylic acids is 1. The highest BCUT2D eigenvalue weighted by Crippen LogP contribution is 2.25. The van der Waals surface area contributed by atoms with Gasteiger partial charge in [0, 0.05) is 10.2 Å². The van der Waals surface area contributed by atoms with Crippen molar-refractivity contribution >= 4 is 43.5 Å². The van der Waals surface area contributed by atoms with Crippen LogP contribution in [0.1, 0.15) is 10.4 Å². The summed E-state index contributed by atoms with van der Waals surface area (Å²) in [5.74, 6) is -2.64. The summed E-state index contributed by atoms with van der Waals surface area (Å²) in [4.78, 5) is 10.2. The van der Waals surface area contributed by atoms with E-state index in [1.54, 1.807) is 6.26 Å². The van der Waals surface area contributed by atoms with E-state index in [0.29, 0.717) is 5.75 Å². The summed E-state index contributed by atoms with van der Waals surface area (Å²) in [5, 5.41) is 8.80. The van der Waals surface area contributed by atoms with E-state index < -0.39 is 32.1 Å². The number of carboxylic acids is 1. The molecule has 18 heavy (non-hydrogen) atoms. The van der Waals surface area contributed by atoms with Gasteiger partial charge in [-0.3, -0.25) is 0 Å². The first-order valence-electron chi connectivity index (χ1n) is 4.73. The number of sulfone groups is 1. The number of thioether (sulfide) groups is 1. The minimum atomic E-state index is -3.82. The topological polar surface area (TPSA) is 71.4 Å². The molecule has 0 fully saturated rings. The van der Waals surface area contributed by atoms with E-state index in [0.717, 1.165) is 12.1 Å². The molecule has 0 radical (unpaired) electrons. The average molecular weight is 357 g/mol. The van der Waals surface area contributed by atoms with Gasteiger partial charge in [-0.05, 0) is 18.4 Å². The predicted molar refractivity (Wildman–Crippen MR) is 71.5 cm³/mol. The normalized spacial score (nSPS) is 11.5. The SMILES string of the molecule is CSCCS(=O)(=O)c1cc(Br)cc(C(=O)O)c1F. The maximum absolute atomic E-state index is 13.8. The fourth-order valence-electron chi connectivity index (χ4n) is 1.25. The summed E-state index contributed by atoms with van der Waals surface area (Å²) in [7, 11) is -3.82. The largest absolute Gasteiger partial charge is 0.478 e. The fraction of sp³-hybridized carbons (Fsp3) is 0.300. The molecule has 0 aliphatic rings. The maximum Gasteiger partial charge on any atom is 0.338 e. The van der Waals surface area contributed by atoms with E-state index in [-0.39, 0.29) is 10.2 Å². The van der Waals surface area contributed by atoms with Gasteiger partial charge in [-0.2, -0.15) is 11.8 Å². The second-order valence-electron chi connectivity index (χ2n) is 3.38. The highest BCUT2D eigenvalue weighted by atomic mass is 79.9. The van der Waals surface area contributed by atoms with E-state index in [2.05, 4.69) is 15.9 Å². The quantitative estimate of drug-likeness (QED) is 0.876. The van der Waals surface area contributed by atoms with Gasteiger partial charge < -0.3 is 5.11 Å². The molecule has 4 nitrogen and oxygen atoms in total. The van der Waals surface area contributed by atoms with E-state index in [1.807, 2.05) is 0 Å². The third-order valence-electron chi connectivity index (χ3n) is 2.13. The number of halogens is 2. The molecule has 0 unspecified atom stereocenters. The first-order valence-corrected chi connectivity index (χ1v) is 8.57. The molecule has 0 aromatic heterocycles. The zero-order valence-electron chi connectivity index (χ0n) is 9.31. The Kier molecular flexibility index (Phi) is 5.18. The van der Waals surface area contributed by atoms with Gasteiger partial charge >= 0.3 is 5.97 Å². The Balaban J connectivity index is 3.37. The molecule has 1 rings (SSSR count). The zero-order valence-corrected chi connectivity index (χ0v) is 12.5. The number of carbonyl (C=O) groups is 1. The molecule has 0 amide bonds. The van der Waals surface area contributed by atoms with Gasteiger partial charge in [0.15, 0.2) is 15.7 Å². The van der Waals surface area contributed by atoms with Crippen molar-refractivity contribution in [3.05, 3.63) is 28.0 Å². The van der Waals surface area contributed by atoms with Gasteiger partial charge in [0.25, 0.3) is 0 Å². The van der Waals surface area contributed by atoms with Gasteiger partial charge in [-0.15, -0.1) is 0 Å². The molecule has 0 heterocycles. The summed E-state index contributed by atoms with van der Waals surface area (Å²) >= 11 is 4.29. The van der Waals surface area contributed by atoms with Crippen molar-refractivity contribution in [2.24, 2.45) is 0 Å². The van der Waals surface area contributed by atoms with Crippen LogP contribution in [0.25, 0.3) is 0 Å². The predicted octanol–water partition coefficient (Wildman–Crippen LogP) is 2.42. The average Bonchev–Trinajstić information content (AvgIpc) is 2.28. The number of carboxylic acid groups (broad SMARTS) is 1. The fourth-order valence-corrected chi connectivity index (χ4v) is 4.31. The van der Waals surface area contributed by atoms with Crippen LogP contribution in [0, 0.1) is 5.82 Å². The third kappa shape index (κ3) is 3.46. The molecule has 0 aliphatic carbocycles. The molecule has 1 aromatic rings. The smallest absolute Gasteiger partial charge is 0.338 e. The van der Waals surface area contributed by atoms with Crippen LogP contribution in [0.15, 0.2) is 21.5 Å². The summed E-state index contributed by atoms with van der Waals surface area (Å²) in [6.45, 7) is 0. The molecule has 0 bridgehead atoms. The lowest BCUT2D eigenvalue weighted by Crippen LogP contribution is -2.13. The van der Waals surface area contributed by atoms with E-state index in [1.165, 1.54) is 11.8 Å². The standard InChI is InChI=1S/C10H10BrFO4S2/c1-17-2-3-18(15,16)8-5-6(11)4-7(9(8)12)10(13)14/h4-5H,2-3H2,1H3,(H,13,14). The Bertz CT molecular complexity index is 571. The molecular weight excluding hydrogens is 347 g/mol. The second-order valence-corrected chi connectivity index (χ2v) is 7.36. The monoisotopic (exact) mass is 356 g/mol. The third-order valence-corrected chi connectivity index (χ3v) is 5.16. The molecule has 0 saturated carbocycles.